The molecule has 4 rings (SSSR count). The number of hydrogen-bond donors (Lipinski definition) is 1. The number of rotatable bonds is 6. The fourth-order valence-electron chi connectivity index (χ4n) is 3.49. The van der Waals surface area contributed by atoms with E-state index in [4.69, 9.17) is 16.3 Å². The summed E-state index contributed by atoms with van der Waals surface area (Å²) in [7, 11) is -2.76. The summed E-state index contributed by atoms with van der Waals surface area (Å²) in [6.07, 6.45) is 0. The van der Waals surface area contributed by atoms with E-state index in [0.29, 0.717) is 15.1 Å². The molecular formula is C23H20ClN3O5S. The highest BCUT2D eigenvalue weighted by molar-refractivity contribution is 7.94. The number of amides is 3. The first-order valence-electron chi connectivity index (χ1n) is 9.93. The minimum absolute atomic E-state index is 0.0775. The summed E-state index contributed by atoms with van der Waals surface area (Å²) in [4.78, 5) is 27.2. The number of halogens is 1. The first-order valence-corrected chi connectivity index (χ1v) is 11.7. The molecule has 170 valence electrons. The van der Waals surface area contributed by atoms with Gasteiger partial charge in [0.2, 0.25) is 5.91 Å². The summed E-state index contributed by atoms with van der Waals surface area (Å²) in [5.74, 6) is -0.0821. The molecule has 1 aliphatic heterocycles. The number of carbonyl (C=O) groups excluding carboxylic acids is 2. The van der Waals surface area contributed by atoms with Gasteiger partial charge in [-0.15, -0.1) is 0 Å². The highest BCUT2D eigenvalue weighted by atomic mass is 35.5. The largest absolute Gasteiger partial charge is 0.497 e. The van der Waals surface area contributed by atoms with Crippen molar-refractivity contribution >= 4 is 44.9 Å². The fourth-order valence-corrected chi connectivity index (χ4v) is 5.27. The number of hydrogen-bond acceptors (Lipinski definition) is 5. The van der Waals surface area contributed by atoms with Crippen LogP contribution in [0.1, 0.15) is 5.56 Å². The molecule has 1 aliphatic rings. The zero-order chi connectivity index (χ0) is 23.6. The molecule has 8 nitrogen and oxygen atoms in total. The Hall–Kier alpha value is -3.56. The van der Waals surface area contributed by atoms with Gasteiger partial charge in [-0.1, -0.05) is 48.0 Å². The molecule has 0 aromatic heterocycles. The van der Waals surface area contributed by atoms with Gasteiger partial charge in [-0.3, -0.25) is 9.69 Å². The molecule has 3 aromatic carbocycles. The first kappa shape index (κ1) is 22.6. The number of sulfonamides is 1. The quantitative estimate of drug-likeness (QED) is 0.573. The number of para-hydroxylation sites is 1. The highest BCUT2D eigenvalue weighted by Crippen LogP contribution is 2.37. The number of nitrogens with one attached hydrogen (secondary N) is 1. The number of fused-ring (bicyclic) bond motifs is 1. The molecule has 0 spiro atoms. The van der Waals surface area contributed by atoms with Gasteiger partial charge in [-0.2, -0.15) is 4.31 Å². The Kier molecular flexibility index (Phi) is 6.26. The number of methoxy groups -OCH3 is 1. The van der Waals surface area contributed by atoms with E-state index >= 15 is 0 Å². The molecule has 0 radical (unpaired) electrons. The van der Waals surface area contributed by atoms with Crippen LogP contribution in [0.3, 0.4) is 0 Å². The van der Waals surface area contributed by atoms with E-state index < -0.39 is 22.0 Å². The van der Waals surface area contributed by atoms with Crippen LogP contribution in [0, 0.1) is 0 Å². The summed E-state index contributed by atoms with van der Waals surface area (Å²) >= 11 is 6.13. The lowest BCUT2D eigenvalue weighted by Crippen LogP contribution is -2.53. The SMILES string of the molecule is COc1cccc(N2C(=O)N(CC(=O)NCc3ccccc3Cl)c3ccccc3S2(=O)=O)c1. The van der Waals surface area contributed by atoms with Crippen LogP contribution in [0.5, 0.6) is 5.75 Å². The first-order chi connectivity index (χ1) is 15.8. The minimum Gasteiger partial charge on any atom is -0.497 e. The van der Waals surface area contributed by atoms with Crippen molar-refractivity contribution in [2.24, 2.45) is 0 Å². The maximum atomic E-state index is 13.4. The highest BCUT2D eigenvalue weighted by Gasteiger charge is 2.43. The normalized spacial score (nSPS) is 14.5. The molecule has 0 fully saturated rings. The Bertz CT molecular complexity index is 1330. The van der Waals surface area contributed by atoms with E-state index in [1.165, 1.54) is 31.4 Å². The van der Waals surface area contributed by atoms with E-state index in [9.17, 15) is 18.0 Å². The summed E-state index contributed by atoms with van der Waals surface area (Å²) in [5, 5.41) is 3.23. The van der Waals surface area contributed by atoms with E-state index in [0.717, 1.165) is 10.5 Å². The molecular weight excluding hydrogens is 466 g/mol. The van der Waals surface area contributed by atoms with Crippen molar-refractivity contribution in [3.63, 3.8) is 0 Å². The van der Waals surface area contributed by atoms with Crippen LogP contribution < -0.4 is 19.3 Å². The van der Waals surface area contributed by atoms with Crippen molar-refractivity contribution in [1.82, 2.24) is 5.32 Å². The lowest BCUT2D eigenvalue weighted by molar-refractivity contribution is -0.119. The lowest BCUT2D eigenvalue weighted by atomic mass is 10.2. The number of nitrogens with zero attached hydrogens (tertiary/aromatic N) is 2. The second-order valence-corrected chi connectivity index (χ2v) is 9.34. The Labute approximate surface area is 196 Å². The molecule has 0 bridgehead atoms. The summed E-state index contributed by atoms with van der Waals surface area (Å²) < 4.78 is 32.5. The third-order valence-corrected chi connectivity index (χ3v) is 7.22. The van der Waals surface area contributed by atoms with Gasteiger partial charge in [0.05, 0.1) is 18.5 Å². The van der Waals surface area contributed by atoms with Gasteiger partial charge in [0.25, 0.3) is 10.0 Å². The van der Waals surface area contributed by atoms with Gasteiger partial charge < -0.3 is 10.1 Å². The van der Waals surface area contributed by atoms with Crippen LogP contribution in [-0.2, 0) is 21.4 Å². The van der Waals surface area contributed by atoms with Crippen molar-refractivity contribution in [3.8, 4) is 5.75 Å². The van der Waals surface area contributed by atoms with Crippen LogP contribution in [0.15, 0.2) is 77.7 Å². The van der Waals surface area contributed by atoms with E-state index in [1.807, 2.05) is 0 Å². The molecule has 0 saturated heterocycles. The average Bonchev–Trinajstić information content (AvgIpc) is 2.81. The number of carbonyl (C=O) groups is 2. The van der Waals surface area contributed by atoms with Crippen molar-refractivity contribution in [3.05, 3.63) is 83.4 Å². The van der Waals surface area contributed by atoms with Crippen molar-refractivity contribution < 1.29 is 22.7 Å². The fraction of sp³-hybridized carbons (Fsp3) is 0.130. The maximum Gasteiger partial charge on any atom is 0.343 e. The molecule has 0 saturated carbocycles. The zero-order valence-electron chi connectivity index (χ0n) is 17.6. The van der Waals surface area contributed by atoms with Gasteiger partial charge >= 0.3 is 6.03 Å². The standard InChI is InChI=1S/C23H20ClN3O5S/c1-32-18-9-6-8-17(13-18)27-23(29)26(20-11-4-5-12-21(20)33(27,30)31)15-22(28)25-14-16-7-2-3-10-19(16)24/h2-13H,14-15H2,1H3,(H,25,28). The number of benzene rings is 3. The molecule has 3 aromatic rings. The summed E-state index contributed by atoms with van der Waals surface area (Å²) in [5.41, 5.74) is 0.961. The van der Waals surface area contributed by atoms with Gasteiger partial charge in [0.1, 0.15) is 17.2 Å². The number of anilines is 2. The molecule has 0 unspecified atom stereocenters. The molecule has 10 heteroatoms. The molecule has 0 atom stereocenters. The van der Waals surface area contributed by atoms with E-state index in [-0.39, 0.29) is 29.4 Å². The number of ether oxygens (including phenoxy) is 1. The summed E-state index contributed by atoms with van der Waals surface area (Å²) in [6.45, 7) is -0.212. The van der Waals surface area contributed by atoms with Crippen LogP contribution in [0.25, 0.3) is 0 Å². The predicted molar refractivity (Wildman–Crippen MR) is 125 cm³/mol. The molecule has 0 aliphatic carbocycles. The molecule has 3 amide bonds. The number of urea groups is 1. The van der Waals surface area contributed by atoms with E-state index in [2.05, 4.69) is 5.32 Å². The lowest BCUT2D eigenvalue weighted by Gasteiger charge is -2.35. The van der Waals surface area contributed by atoms with Crippen molar-refractivity contribution in [1.29, 1.82) is 0 Å². The maximum absolute atomic E-state index is 13.4. The van der Waals surface area contributed by atoms with Gasteiger partial charge in [-0.25, -0.2) is 13.2 Å². The Morgan fingerprint density at radius 2 is 1.76 bits per heavy atom. The molecule has 33 heavy (non-hydrogen) atoms. The minimum atomic E-state index is -4.20. The third kappa shape index (κ3) is 4.37. The van der Waals surface area contributed by atoms with Crippen molar-refractivity contribution in [2.75, 3.05) is 22.9 Å². The van der Waals surface area contributed by atoms with Crippen LogP contribution in [0.2, 0.25) is 5.02 Å². The van der Waals surface area contributed by atoms with Crippen molar-refractivity contribution in [2.45, 2.75) is 11.4 Å². The second kappa shape index (κ2) is 9.13. The predicted octanol–water partition coefficient (Wildman–Crippen LogP) is 3.80. The molecule has 1 heterocycles. The third-order valence-electron chi connectivity index (χ3n) is 5.10. The Morgan fingerprint density at radius 3 is 2.52 bits per heavy atom. The molecule has 1 N–H and O–H groups in total. The zero-order valence-corrected chi connectivity index (χ0v) is 19.1. The summed E-state index contributed by atoms with van der Waals surface area (Å²) in [6, 6.07) is 18.4. The van der Waals surface area contributed by atoms with Crippen LogP contribution >= 0.6 is 11.6 Å². The second-order valence-electron chi connectivity index (χ2n) is 7.18. The average molecular weight is 486 g/mol. The van der Waals surface area contributed by atoms with Gasteiger partial charge in [0.15, 0.2) is 0 Å². The monoisotopic (exact) mass is 485 g/mol. The van der Waals surface area contributed by atoms with E-state index in [1.54, 1.807) is 48.5 Å². The smallest absolute Gasteiger partial charge is 0.343 e. The topological polar surface area (TPSA) is 96.0 Å². The Balaban J connectivity index is 1.66. The van der Waals surface area contributed by atoms with Gasteiger partial charge in [0, 0.05) is 17.6 Å². The Morgan fingerprint density at radius 1 is 1.03 bits per heavy atom. The van der Waals surface area contributed by atoms with Crippen LogP contribution in [0.4, 0.5) is 16.2 Å². The van der Waals surface area contributed by atoms with Crippen LogP contribution in [-0.4, -0.2) is 34.0 Å². The van der Waals surface area contributed by atoms with Gasteiger partial charge in [-0.05, 0) is 35.9 Å².